The smallest absolute Gasteiger partial charge is 0.303 e. The molecule has 0 radical (unpaired) electrons. The Morgan fingerprint density at radius 2 is 1.82 bits per heavy atom. The summed E-state index contributed by atoms with van der Waals surface area (Å²) in [6, 6.07) is 0. The molecule has 2 heterocycles. The second kappa shape index (κ2) is 17.6. The molecule has 3 unspecified atom stereocenters. The van der Waals surface area contributed by atoms with Gasteiger partial charge in [0, 0.05) is 37.0 Å². The molecule has 3 fully saturated rings. The number of hydrogen-bond acceptors (Lipinski definition) is 6. The Bertz CT molecular complexity index is 797. The highest BCUT2D eigenvalue weighted by atomic mass is 35.5. The van der Waals surface area contributed by atoms with Gasteiger partial charge >= 0.3 is 5.97 Å². The van der Waals surface area contributed by atoms with Crippen molar-refractivity contribution in [1.82, 2.24) is 0 Å². The molecular weight excluding hydrogens is 520 g/mol. The standard InChI is InChI=1S/C31H49ClO7/c1-22(15-16-23(2)32)27(38-30-13-7-9-19-36-30)18-17-25-24(11-5-3-4-6-12-29(34)35)26(33)21-28(25)39-31-14-8-10-20-37-31/h3,5,16-18,22,24-28,30-31,33H,4,6-15,19-21H2,1-2H3,(H,34,35)/t22?,24-,25-,26+,27-,28-,30?,31?/m1/s1. The van der Waals surface area contributed by atoms with Crippen LogP contribution in [0.4, 0.5) is 0 Å². The average molecular weight is 569 g/mol. The van der Waals surface area contributed by atoms with Crippen LogP contribution in [0.5, 0.6) is 0 Å². The fourth-order valence-corrected chi connectivity index (χ4v) is 5.76. The van der Waals surface area contributed by atoms with E-state index < -0.39 is 12.1 Å². The Hall–Kier alpha value is -1.22. The molecule has 222 valence electrons. The summed E-state index contributed by atoms with van der Waals surface area (Å²) in [5, 5.41) is 20.7. The predicted octanol–water partition coefficient (Wildman–Crippen LogP) is 6.73. The maximum Gasteiger partial charge on any atom is 0.303 e. The van der Waals surface area contributed by atoms with Gasteiger partial charge in [-0.3, -0.25) is 4.79 Å². The number of rotatable bonds is 15. The lowest BCUT2D eigenvalue weighted by atomic mass is 9.88. The number of ether oxygens (including phenoxy) is 4. The summed E-state index contributed by atoms with van der Waals surface area (Å²) in [7, 11) is 0. The number of hydrogen-bond donors (Lipinski definition) is 2. The van der Waals surface area contributed by atoms with Crippen LogP contribution >= 0.6 is 11.6 Å². The van der Waals surface area contributed by atoms with Crippen molar-refractivity contribution in [3.05, 3.63) is 35.4 Å². The first-order chi connectivity index (χ1) is 18.8. The van der Waals surface area contributed by atoms with Crippen LogP contribution < -0.4 is 0 Å². The number of aliphatic hydroxyl groups excluding tert-OH is 1. The summed E-state index contributed by atoms with van der Waals surface area (Å²) < 4.78 is 24.7. The van der Waals surface area contributed by atoms with Crippen molar-refractivity contribution < 1.29 is 34.0 Å². The van der Waals surface area contributed by atoms with E-state index in [-0.39, 0.29) is 49.0 Å². The molecule has 0 spiro atoms. The minimum Gasteiger partial charge on any atom is -0.481 e. The normalized spacial score (nSPS) is 32.2. The zero-order chi connectivity index (χ0) is 28.0. The fraction of sp³-hybridized carbons (Fsp3) is 0.774. The molecule has 2 saturated heterocycles. The number of aliphatic carboxylic acids is 1. The highest BCUT2D eigenvalue weighted by Crippen LogP contribution is 2.40. The van der Waals surface area contributed by atoms with Crippen LogP contribution in [-0.2, 0) is 23.7 Å². The van der Waals surface area contributed by atoms with Crippen molar-refractivity contribution in [1.29, 1.82) is 0 Å². The van der Waals surface area contributed by atoms with Gasteiger partial charge in [0.15, 0.2) is 12.6 Å². The van der Waals surface area contributed by atoms with Crippen LogP contribution in [0, 0.1) is 17.8 Å². The molecule has 0 aromatic carbocycles. The zero-order valence-corrected chi connectivity index (χ0v) is 24.5. The number of carboxylic acids is 1. The molecule has 39 heavy (non-hydrogen) atoms. The second-order valence-corrected chi connectivity index (χ2v) is 11.9. The average Bonchev–Trinajstić information content (AvgIpc) is 3.21. The van der Waals surface area contributed by atoms with Gasteiger partial charge in [-0.15, -0.1) is 0 Å². The van der Waals surface area contributed by atoms with E-state index in [1.807, 2.05) is 19.1 Å². The lowest BCUT2D eigenvalue weighted by Crippen LogP contribution is -2.32. The Labute approximate surface area is 239 Å². The number of halogens is 1. The van der Waals surface area contributed by atoms with Gasteiger partial charge in [0.25, 0.3) is 0 Å². The first-order valence-electron chi connectivity index (χ1n) is 14.9. The van der Waals surface area contributed by atoms with Crippen molar-refractivity contribution in [3.63, 3.8) is 0 Å². The Kier molecular flexibility index (Phi) is 14.5. The number of aliphatic hydroxyl groups is 1. The number of allylic oxidation sites excluding steroid dienone is 4. The van der Waals surface area contributed by atoms with E-state index in [1.165, 1.54) is 0 Å². The topological polar surface area (TPSA) is 94.5 Å². The molecule has 8 heteroatoms. The number of carboxylic acid groups (broad SMARTS) is 1. The highest BCUT2D eigenvalue weighted by Gasteiger charge is 2.42. The van der Waals surface area contributed by atoms with Crippen LogP contribution in [0.2, 0.25) is 0 Å². The third kappa shape index (κ3) is 11.7. The molecule has 2 N–H and O–H groups in total. The van der Waals surface area contributed by atoms with E-state index in [0.29, 0.717) is 32.3 Å². The van der Waals surface area contributed by atoms with Gasteiger partial charge < -0.3 is 29.2 Å². The van der Waals surface area contributed by atoms with Gasteiger partial charge in [0.2, 0.25) is 0 Å². The van der Waals surface area contributed by atoms with Crippen molar-refractivity contribution in [2.75, 3.05) is 13.2 Å². The maximum atomic E-state index is 11.1. The minimum absolute atomic E-state index is 0.00238. The van der Waals surface area contributed by atoms with Gasteiger partial charge in [-0.25, -0.2) is 0 Å². The molecule has 0 amide bonds. The number of unbranched alkanes of at least 4 members (excludes halogenated alkanes) is 1. The molecule has 0 aromatic heterocycles. The van der Waals surface area contributed by atoms with Crippen LogP contribution in [0.1, 0.15) is 90.9 Å². The predicted molar refractivity (Wildman–Crippen MR) is 152 cm³/mol. The molecule has 0 aromatic rings. The van der Waals surface area contributed by atoms with Gasteiger partial charge in [0.1, 0.15) is 0 Å². The summed E-state index contributed by atoms with van der Waals surface area (Å²) in [6.07, 6.45) is 18.9. The minimum atomic E-state index is -0.772. The molecule has 8 atom stereocenters. The van der Waals surface area contributed by atoms with E-state index in [0.717, 1.165) is 56.6 Å². The largest absolute Gasteiger partial charge is 0.481 e. The first kappa shape index (κ1) is 32.3. The molecule has 7 nitrogen and oxygen atoms in total. The van der Waals surface area contributed by atoms with Gasteiger partial charge in [0.05, 0.1) is 18.3 Å². The van der Waals surface area contributed by atoms with E-state index >= 15 is 0 Å². The third-order valence-electron chi connectivity index (χ3n) is 7.99. The molecule has 2 aliphatic heterocycles. The second-order valence-electron chi connectivity index (χ2n) is 11.3. The number of carbonyl (C=O) groups is 1. The quantitative estimate of drug-likeness (QED) is 0.167. The third-order valence-corrected chi connectivity index (χ3v) is 8.15. The van der Waals surface area contributed by atoms with E-state index in [4.69, 9.17) is 35.7 Å². The summed E-state index contributed by atoms with van der Waals surface area (Å²) >= 11 is 6.13. The first-order valence-corrected chi connectivity index (χ1v) is 15.3. The fourth-order valence-electron chi connectivity index (χ4n) is 5.67. The van der Waals surface area contributed by atoms with Crippen molar-refractivity contribution >= 4 is 17.6 Å². The van der Waals surface area contributed by atoms with Gasteiger partial charge in [-0.2, -0.15) is 0 Å². The monoisotopic (exact) mass is 568 g/mol. The van der Waals surface area contributed by atoms with E-state index in [1.54, 1.807) is 0 Å². The van der Waals surface area contributed by atoms with E-state index in [9.17, 15) is 9.90 Å². The Morgan fingerprint density at radius 1 is 1.10 bits per heavy atom. The summed E-state index contributed by atoms with van der Waals surface area (Å²) in [5.41, 5.74) is 0. The summed E-state index contributed by atoms with van der Waals surface area (Å²) in [6.45, 7) is 5.49. The Balaban J connectivity index is 1.73. The van der Waals surface area contributed by atoms with E-state index in [2.05, 4.69) is 25.2 Å². The molecule has 1 saturated carbocycles. The van der Waals surface area contributed by atoms with Crippen LogP contribution in [0.25, 0.3) is 0 Å². The lowest BCUT2D eigenvalue weighted by molar-refractivity contribution is -0.193. The van der Waals surface area contributed by atoms with Gasteiger partial charge in [-0.1, -0.05) is 48.9 Å². The van der Waals surface area contributed by atoms with Crippen molar-refractivity contribution in [2.24, 2.45) is 17.8 Å². The summed E-state index contributed by atoms with van der Waals surface area (Å²) in [4.78, 5) is 10.8. The van der Waals surface area contributed by atoms with Crippen LogP contribution in [0.3, 0.4) is 0 Å². The molecule has 1 aliphatic carbocycles. The molecule has 3 aliphatic rings. The molecule has 0 bridgehead atoms. The summed E-state index contributed by atoms with van der Waals surface area (Å²) in [5.74, 6) is -0.575. The van der Waals surface area contributed by atoms with Crippen molar-refractivity contribution in [2.45, 2.75) is 122 Å². The zero-order valence-electron chi connectivity index (χ0n) is 23.7. The lowest BCUT2D eigenvalue weighted by Gasteiger charge is -2.31. The molecular formula is C31H49ClO7. The van der Waals surface area contributed by atoms with Gasteiger partial charge in [-0.05, 0) is 83.0 Å². The van der Waals surface area contributed by atoms with Crippen LogP contribution in [-0.4, -0.2) is 60.3 Å². The highest BCUT2D eigenvalue weighted by molar-refractivity contribution is 6.29. The van der Waals surface area contributed by atoms with Crippen molar-refractivity contribution in [3.8, 4) is 0 Å². The molecule has 3 rings (SSSR count). The maximum absolute atomic E-state index is 11.1. The Morgan fingerprint density at radius 3 is 2.46 bits per heavy atom. The van der Waals surface area contributed by atoms with Crippen LogP contribution in [0.15, 0.2) is 35.4 Å². The SMILES string of the molecule is CC(Cl)=CCC(C)[C@@H](C=C[C@@H]1[C@@H](CC=CCCCC(=O)O)[C@@H](O)C[C@H]1OC1CCCCO1)OC1CCCCO1.